The van der Waals surface area contributed by atoms with Crippen LogP contribution in [0.2, 0.25) is 0 Å². The van der Waals surface area contributed by atoms with Gasteiger partial charge in [-0.05, 0) is 90.4 Å². The number of nitrogens with one attached hydrogen (secondary N) is 4. The van der Waals surface area contributed by atoms with Gasteiger partial charge in [-0.15, -0.1) is 11.6 Å². The van der Waals surface area contributed by atoms with Crippen LogP contribution in [-0.4, -0.2) is 66.0 Å². The minimum Gasteiger partial charge on any atom is -0.374 e. The summed E-state index contributed by atoms with van der Waals surface area (Å²) in [6.07, 6.45) is 13.4. The molecule has 2 fully saturated rings. The molecule has 0 bridgehead atoms. The highest BCUT2D eigenvalue weighted by molar-refractivity contribution is 6.21. The van der Waals surface area contributed by atoms with Crippen molar-refractivity contribution in [1.29, 1.82) is 0 Å². The minimum atomic E-state index is -0.719. The first-order chi connectivity index (χ1) is 17.2. The number of alkyl halides is 1. The van der Waals surface area contributed by atoms with Crippen molar-refractivity contribution in [3.8, 4) is 0 Å². The molecule has 0 spiro atoms. The van der Waals surface area contributed by atoms with Crippen LogP contribution < -0.4 is 21.3 Å². The Hall–Kier alpha value is -1.19. The maximum atomic E-state index is 13.0. The van der Waals surface area contributed by atoms with Crippen LogP contribution in [0, 0.1) is 11.8 Å². The second-order valence-electron chi connectivity index (χ2n) is 11.1. The first-order valence-corrected chi connectivity index (χ1v) is 14.4. The number of ether oxygens (including phenoxy) is 1. The van der Waals surface area contributed by atoms with Crippen LogP contribution in [0.25, 0.3) is 0 Å². The van der Waals surface area contributed by atoms with Crippen molar-refractivity contribution < 1.29 is 19.4 Å². The summed E-state index contributed by atoms with van der Waals surface area (Å²) in [5, 5.41) is 22.5. The number of aliphatic hydroxyl groups is 1. The standard InChI is InChI=1S/C27H47ClN4O4/c1-17(2)36-24-14-11-19(16-22(24)28)25(33)32-23(26(34)29-3)15-18-9-12-21(13-10-18)31-27(35)30-20-7-5-4-6-8-20/h5,7,17-24,27,30-31,35H,4,6,8-16H2,1-3H3,(H,29,34)(H,32,33). The summed E-state index contributed by atoms with van der Waals surface area (Å²) < 4.78 is 5.88. The first kappa shape index (κ1) is 29.4. The molecule has 0 aromatic rings. The Morgan fingerprint density at radius 2 is 1.83 bits per heavy atom. The Morgan fingerprint density at radius 1 is 1.08 bits per heavy atom. The molecule has 0 aromatic heterocycles. The lowest BCUT2D eigenvalue weighted by molar-refractivity contribution is -0.132. The highest BCUT2D eigenvalue weighted by Gasteiger charge is 2.36. The molecule has 0 saturated heterocycles. The molecule has 5 N–H and O–H groups in total. The Labute approximate surface area is 221 Å². The van der Waals surface area contributed by atoms with Gasteiger partial charge in [0.25, 0.3) is 0 Å². The number of carbonyl (C=O) groups is 2. The average molecular weight is 527 g/mol. The van der Waals surface area contributed by atoms with Crippen molar-refractivity contribution in [3.05, 3.63) is 12.2 Å². The van der Waals surface area contributed by atoms with E-state index in [1.807, 2.05) is 13.8 Å². The van der Waals surface area contributed by atoms with Gasteiger partial charge in [0.05, 0.1) is 17.6 Å². The molecule has 3 aliphatic carbocycles. The zero-order chi connectivity index (χ0) is 26.1. The van der Waals surface area contributed by atoms with E-state index in [1.165, 1.54) is 0 Å². The third kappa shape index (κ3) is 9.28. The Morgan fingerprint density at radius 3 is 2.44 bits per heavy atom. The number of hydrogen-bond acceptors (Lipinski definition) is 6. The Balaban J connectivity index is 1.43. The van der Waals surface area contributed by atoms with Gasteiger partial charge >= 0.3 is 0 Å². The van der Waals surface area contributed by atoms with Gasteiger partial charge in [0.15, 0.2) is 6.35 Å². The molecule has 36 heavy (non-hydrogen) atoms. The van der Waals surface area contributed by atoms with Crippen molar-refractivity contribution in [2.75, 3.05) is 7.05 Å². The van der Waals surface area contributed by atoms with Crippen LogP contribution in [0.15, 0.2) is 12.2 Å². The molecule has 0 heterocycles. The third-order valence-electron chi connectivity index (χ3n) is 7.85. The lowest BCUT2D eigenvalue weighted by atomic mass is 9.81. The van der Waals surface area contributed by atoms with Gasteiger partial charge in [-0.2, -0.15) is 0 Å². The summed E-state index contributed by atoms with van der Waals surface area (Å²) in [4.78, 5) is 25.7. The Kier molecular flexibility index (Phi) is 12.0. The predicted molar refractivity (Wildman–Crippen MR) is 142 cm³/mol. The Bertz CT molecular complexity index is 729. The zero-order valence-corrected chi connectivity index (χ0v) is 22.9. The van der Waals surface area contributed by atoms with Gasteiger partial charge in [0.2, 0.25) is 11.8 Å². The fourth-order valence-corrected chi connectivity index (χ4v) is 6.25. The normalized spacial score (nSPS) is 32.6. The monoisotopic (exact) mass is 526 g/mol. The summed E-state index contributed by atoms with van der Waals surface area (Å²) in [5.74, 6) is -0.0749. The van der Waals surface area contributed by atoms with E-state index in [2.05, 4.69) is 33.4 Å². The molecule has 206 valence electrons. The van der Waals surface area contributed by atoms with E-state index in [0.717, 1.165) is 57.8 Å². The molecule has 8 nitrogen and oxygen atoms in total. The summed E-state index contributed by atoms with van der Waals surface area (Å²) in [5.41, 5.74) is 0. The maximum Gasteiger partial charge on any atom is 0.242 e. The van der Waals surface area contributed by atoms with E-state index in [9.17, 15) is 14.7 Å². The van der Waals surface area contributed by atoms with Gasteiger partial charge in [0, 0.05) is 25.0 Å². The van der Waals surface area contributed by atoms with E-state index in [0.29, 0.717) is 18.8 Å². The molecule has 2 saturated carbocycles. The summed E-state index contributed by atoms with van der Waals surface area (Å²) in [7, 11) is 1.61. The van der Waals surface area contributed by atoms with Crippen LogP contribution in [0.1, 0.15) is 84.5 Å². The van der Waals surface area contributed by atoms with Crippen LogP contribution in [0.3, 0.4) is 0 Å². The van der Waals surface area contributed by atoms with Gasteiger partial charge < -0.3 is 20.5 Å². The van der Waals surface area contributed by atoms with E-state index < -0.39 is 12.4 Å². The van der Waals surface area contributed by atoms with E-state index >= 15 is 0 Å². The number of carbonyl (C=O) groups excluding carboxylic acids is 2. The van der Waals surface area contributed by atoms with Gasteiger partial charge in [0.1, 0.15) is 6.04 Å². The van der Waals surface area contributed by atoms with Crippen molar-refractivity contribution in [2.45, 2.75) is 127 Å². The smallest absolute Gasteiger partial charge is 0.242 e. The maximum absolute atomic E-state index is 13.0. The number of amides is 2. The van der Waals surface area contributed by atoms with E-state index in [1.54, 1.807) is 7.05 Å². The molecule has 0 aliphatic heterocycles. The van der Waals surface area contributed by atoms with Crippen molar-refractivity contribution in [1.82, 2.24) is 21.3 Å². The number of aliphatic hydroxyl groups excluding tert-OH is 1. The zero-order valence-electron chi connectivity index (χ0n) is 22.2. The molecule has 0 aromatic carbocycles. The molecule has 6 atom stereocenters. The highest BCUT2D eigenvalue weighted by Crippen LogP contribution is 2.32. The summed E-state index contributed by atoms with van der Waals surface area (Å²) >= 11 is 6.54. The molecule has 2 amide bonds. The van der Waals surface area contributed by atoms with Crippen LogP contribution in [-0.2, 0) is 14.3 Å². The molecular weight excluding hydrogens is 480 g/mol. The van der Waals surface area contributed by atoms with Gasteiger partial charge in [-0.1, -0.05) is 12.2 Å². The minimum absolute atomic E-state index is 0.0258. The molecule has 9 heteroatoms. The molecule has 3 aliphatic rings. The molecule has 3 rings (SSSR count). The first-order valence-electron chi connectivity index (χ1n) is 13.9. The lowest BCUT2D eigenvalue weighted by Crippen LogP contribution is -2.52. The second kappa shape index (κ2) is 14.7. The van der Waals surface area contributed by atoms with Gasteiger partial charge in [-0.3, -0.25) is 20.2 Å². The van der Waals surface area contributed by atoms with Crippen LogP contribution in [0.4, 0.5) is 0 Å². The third-order valence-corrected chi connectivity index (χ3v) is 8.30. The lowest BCUT2D eigenvalue weighted by Gasteiger charge is -2.35. The molecule has 6 unspecified atom stereocenters. The number of allylic oxidation sites excluding steroid dienone is 1. The average Bonchev–Trinajstić information content (AvgIpc) is 2.85. The number of halogens is 1. The quantitative estimate of drug-likeness (QED) is 0.161. The van der Waals surface area contributed by atoms with Crippen molar-refractivity contribution in [2.24, 2.45) is 11.8 Å². The van der Waals surface area contributed by atoms with Crippen molar-refractivity contribution >= 4 is 23.4 Å². The fourth-order valence-electron chi connectivity index (χ4n) is 5.85. The number of rotatable bonds is 11. The van der Waals surface area contributed by atoms with Crippen molar-refractivity contribution in [3.63, 3.8) is 0 Å². The van der Waals surface area contributed by atoms with E-state index in [-0.39, 0.29) is 47.4 Å². The van der Waals surface area contributed by atoms with Crippen LogP contribution >= 0.6 is 11.6 Å². The van der Waals surface area contributed by atoms with E-state index in [4.69, 9.17) is 16.3 Å². The SMILES string of the molecule is CNC(=O)C(CC1CCC(NC(O)NC2C=CCCC2)CC1)NC(=O)C1CCC(OC(C)C)C(Cl)C1. The van der Waals surface area contributed by atoms with Gasteiger partial charge in [-0.25, -0.2) is 0 Å². The summed E-state index contributed by atoms with van der Waals surface area (Å²) in [6.45, 7) is 3.99. The summed E-state index contributed by atoms with van der Waals surface area (Å²) in [6, 6.07) is -0.0737. The fraction of sp³-hybridized carbons (Fsp3) is 0.852. The highest BCUT2D eigenvalue weighted by atomic mass is 35.5. The second-order valence-corrected chi connectivity index (χ2v) is 11.6. The number of hydrogen-bond donors (Lipinski definition) is 5. The molecule has 0 radical (unpaired) electrons. The molecular formula is C27H47ClN4O4. The number of likely N-dealkylation sites (N-methyl/N-ethyl adjacent to an activating group) is 1. The largest absolute Gasteiger partial charge is 0.374 e. The predicted octanol–water partition coefficient (Wildman–Crippen LogP) is 2.93. The topological polar surface area (TPSA) is 112 Å². The van der Waals surface area contributed by atoms with Crippen LogP contribution in [0.5, 0.6) is 0 Å².